The minimum absolute atomic E-state index is 0.0473. The number of benzene rings is 2. The molecule has 2 amide bonds. The number of methoxy groups -OCH3 is 1. The number of hydrazine groups is 3. The third kappa shape index (κ3) is 26.4. The summed E-state index contributed by atoms with van der Waals surface area (Å²) in [5.74, 6) is -2.95. The van der Waals surface area contributed by atoms with Crippen molar-refractivity contribution in [1.82, 2.24) is 10.9 Å². The Hall–Kier alpha value is -7.41. The van der Waals surface area contributed by atoms with Gasteiger partial charge in [0.1, 0.15) is 33.0 Å². The summed E-state index contributed by atoms with van der Waals surface area (Å²) < 4.78 is 28.8. The van der Waals surface area contributed by atoms with Crippen LogP contribution in [-0.2, 0) is 52.4 Å². The molecular formula is C41H54N4O15. The van der Waals surface area contributed by atoms with Crippen LogP contribution in [0.2, 0.25) is 0 Å². The molecule has 2 aromatic carbocycles. The molecule has 0 aliphatic heterocycles. The molecule has 0 heterocycles. The second-order valence-corrected chi connectivity index (χ2v) is 11.6. The van der Waals surface area contributed by atoms with Gasteiger partial charge in [-0.2, -0.15) is 10.2 Å². The van der Waals surface area contributed by atoms with Crippen LogP contribution in [0.1, 0.15) is 34.6 Å². The zero-order valence-corrected chi connectivity index (χ0v) is 34.6. The summed E-state index contributed by atoms with van der Waals surface area (Å²) in [5, 5.41) is 18.5. The Morgan fingerprint density at radius 2 is 0.783 bits per heavy atom. The van der Waals surface area contributed by atoms with Crippen molar-refractivity contribution in [2.24, 2.45) is 0 Å². The molecule has 0 unspecified atom stereocenters. The van der Waals surface area contributed by atoms with E-state index < -0.39 is 36.1 Å². The highest BCUT2D eigenvalue weighted by atomic mass is 16.6. The summed E-state index contributed by atoms with van der Waals surface area (Å²) in [4.78, 5) is 78.4. The number of para-hydroxylation sites is 2. The third-order valence-electron chi connectivity index (χ3n) is 5.96. The van der Waals surface area contributed by atoms with E-state index >= 15 is 0 Å². The molecule has 2 rings (SSSR count). The quantitative estimate of drug-likeness (QED) is 0.0512. The Morgan fingerprint density at radius 3 is 1.02 bits per heavy atom. The number of rotatable bonds is 18. The van der Waals surface area contributed by atoms with E-state index in [9.17, 15) is 33.6 Å². The first-order valence-electron chi connectivity index (χ1n) is 17.5. The number of nitrogens with one attached hydrogen (secondary N) is 2. The van der Waals surface area contributed by atoms with Crippen LogP contribution in [0, 0.1) is 0 Å². The summed E-state index contributed by atoms with van der Waals surface area (Å²) >= 11 is 0. The highest BCUT2D eigenvalue weighted by Gasteiger charge is 2.23. The molecular weight excluding hydrogens is 788 g/mol. The molecule has 0 bridgehead atoms. The summed E-state index contributed by atoms with van der Waals surface area (Å²) in [7, 11) is 1.33. The lowest BCUT2D eigenvalue weighted by atomic mass is 10.3. The molecule has 0 spiro atoms. The number of hydrogen-bond donors (Lipinski definition) is 4. The summed E-state index contributed by atoms with van der Waals surface area (Å²) in [5.41, 5.74) is 7.35. The van der Waals surface area contributed by atoms with E-state index in [-0.39, 0.29) is 62.3 Å². The van der Waals surface area contributed by atoms with E-state index in [1.54, 1.807) is 74.5 Å². The monoisotopic (exact) mass is 842 g/mol. The minimum atomic E-state index is -0.935. The minimum Gasteiger partial charge on any atom is -0.478 e. The number of carbonyl (C=O) groups is 7. The normalized spacial score (nSPS) is 9.18. The van der Waals surface area contributed by atoms with Gasteiger partial charge in [-0.15, -0.1) is 0 Å². The molecule has 19 nitrogen and oxygen atoms in total. The van der Waals surface area contributed by atoms with E-state index in [2.05, 4.69) is 53.2 Å². The van der Waals surface area contributed by atoms with Crippen molar-refractivity contribution in [3.8, 4) is 0 Å². The predicted molar refractivity (Wildman–Crippen MR) is 220 cm³/mol. The number of aliphatic hydroxyl groups excluding tert-OH is 1. The number of ether oxygens (including phenoxy) is 6. The molecule has 0 radical (unpaired) electrons. The van der Waals surface area contributed by atoms with Crippen LogP contribution in [-0.4, -0.2) is 99.0 Å². The molecule has 19 heteroatoms. The van der Waals surface area contributed by atoms with E-state index in [4.69, 9.17) is 29.2 Å². The topological polar surface area (TPSA) is 246 Å². The Labute approximate surface area is 349 Å². The van der Waals surface area contributed by atoms with Crippen molar-refractivity contribution >= 4 is 53.4 Å². The molecule has 328 valence electrons. The molecule has 60 heavy (non-hydrogen) atoms. The van der Waals surface area contributed by atoms with Crippen LogP contribution in [0.3, 0.4) is 0 Å². The van der Waals surface area contributed by atoms with Crippen molar-refractivity contribution in [2.45, 2.75) is 34.6 Å². The van der Waals surface area contributed by atoms with Crippen molar-refractivity contribution in [3.05, 3.63) is 121 Å². The molecule has 0 saturated carbocycles. The van der Waals surface area contributed by atoms with Gasteiger partial charge in [0.2, 0.25) is 0 Å². The van der Waals surface area contributed by atoms with Crippen LogP contribution < -0.4 is 21.1 Å². The molecule has 0 fully saturated rings. The maximum atomic E-state index is 12.6. The largest absolute Gasteiger partial charge is 0.478 e. The summed E-state index contributed by atoms with van der Waals surface area (Å²) in [6.45, 7) is 23.5. The Bertz CT molecular complexity index is 1680. The van der Waals surface area contributed by atoms with Gasteiger partial charge in [0.05, 0.1) is 25.1 Å². The number of nitrogens with zero attached hydrogens (tertiary/aromatic N) is 2. The Balaban J connectivity index is 0. The number of amides is 2. The highest BCUT2D eigenvalue weighted by Crippen LogP contribution is 2.19. The van der Waals surface area contributed by atoms with Gasteiger partial charge in [-0.25, -0.2) is 44.4 Å². The van der Waals surface area contributed by atoms with E-state index in [1.165, 1.54) is 38.1 Å². The second kappa shape index (κ2) is 31.6. The Kier molecular flexibility index (Phi) is 28.8. The number of aliphatic hydroxyl groups is 1. The van der Waals surface area contributed by atoms with Crippen LogP contribution in [0.4, 0.5) is 21.0 Å². The van der Waals surface area contributed by atoms with Crippen LogP contribution in [0.25, 0.3) is 0 Å². The van der Waals surface area contributed by atoms with Crippen molar-refractivity contribution in [3.63, 3.8) is 0 Å². The van der Waals surface area contributed by atoms with Crippen LogP contribution in [0.5, 0.6) is 0 Å². The van der Waals surface area contributed by atoms with Crippen LogP contribution >= 0.6 is 0 Å². The fourth-order valence-corrected chi connectivity index (χ4v) is 3.06. The van der Waals surface area contributed by atoms with Gasteiger partial charge in [-0.1, -0.05) is 69.3 Å². The molecule has 0 aromatic heterocycles. The highest BCUT2D eigenvalue weighted by molar-refractivity contribution is 5.88. The lowest BCUT2D eigenvalue weighted by Crippen LogP contribution is -2.61. The SMILES string of the molecule is C=C(C)C(=O)O.C=C(C)C(=O)OC.C=C(C)C(=O)OCCO.C=C(C)C(=O)OCCOC(=O)NN(c1ccccc1)N(NC(=O)OCCOC(=O)C(=C)C)c1ccccc1. The number of carboxylic acid groups (broad SMARTS) is 1. The number of hydrogen-bond acceptors (Lipinski definition) is 16. The first-order chi connectivity index (χ1) is 28.2. The first kappa shape index (κ1) is 54.7. The number of carboxylic acids is 1. The van der Waals surface area contributed by atoms with Gasteiger partial charge in [-0.05, 0) is 58.9 Å². The lowest BCUT2D eigenvalue weighted by Gasteiger charge is -2.36. The molecule has 4 N–H and O–H groups in total. The predicted octanol–water partition coefficient (Wildman–Crippen LogP) is 4.92. The molecule has 2 aromatic rings. The maximum absolute atomic E-state index is 12.6. The average molecular weight is 843 g/mol. The van der Waals surface area contributed by atoms with Gasteiger partial charge >= 0.3 is 42.0 Å². The number of carbonyl (C=O) groups excluding carboxylic acids is 6. The maximum Gasteiger partial charge on any atom is 0.427 e. The number of aliphatic carboxylic acids is 1. The number of anilines is 2. The average Bonchev–Trinajstić information content (AvgIpc) is 3.21. The van der Waals surface area contributed by atoms with Gasteiger partial charge in [0.15, 0.2) is 0 Å². The van der Waals surface area contributed by atoms with Gasteiger partial charge in [-0.3, -0.25) is 0 Å². The fourth-order valence-electron chi connectivity index (χ4n) is 3.06. The van der Waals surface area contributed by atoms with Gasteiger partial charge in [0.25, 0.3) is 0 Å². The summed E-state index contributed by atoms with van der Waals surface area (Å²) in [6, 6.07) is 17.2. The molecule has 0 saturated heterocycles. The third-order valence-corrected chi connectivity index (χ3v) is 5.96. The zero-order chi connectivity index (χ0) is 46.2. The van der Waals surface area contributed by atoms with E-state index in [0.29, 0.717) is 22.5 Å². The van der Waals surface area contributed by atoms with Crippen molar-refractivity contribution < 1.29 is 72.2 Å². The zero-order valence-electron chi connectivity index (χ0n) is 34.6. The van der Waals surface area contributed by atoms with Gasteiger partial charge in [0, 0.05) is 27.9 Å². The van der Waals surface area contributed by atoms with Crippen LogP contribution in [0.15, 0.2) is 121 Å². The summed E-state index contributed by atoms with van der Waals surface area (Å²) in [6.07, 6.45) is -1.80. The fraction of sp³-hybridized carbons (Fsp3) is 0.293. The van der Waals surface area contributed by atoms with Crippen molar-refractivity contribution in [2.75, 3.05) is 57.0 Å². The molecule has 0 aliphatic rings. The standard InChI is InChI=1S/C26H30N4O8.C6H10O3.C5H8O2.C4H6O2/c1-19(2)23(31)35-15-17-37-25(33)27-29(21-11-7-5-8-12-21)30(22-13-9-6-10-14-22)28-26(34)38-18-16-36-24(32)20(3)4;1-5(2)6(8)9-4-3-7;1-4(2)5(6)7-3;1-3(2)4(5)6/h5-14H,1,3,15-18H2,2,4H3,(H,27,33)(H,28,34);7H,1,3-4H2,2H3;1H2,2-3H3;1H2,2H3,(H,5,6). The van der Waals surface area contributed by atoms with Crippen molar-refractivity contribution in [1.29, 1.82) is 0 Å². The van der Waals surface area contributed by atoms with Gasteiger partial charge < -0.3 is 38.6 Å². The first-order valence-corrected chi connectivity index (χ1v) is 17.5. The molecule has 0 atom stereocenters. The van der Waals surface area contributed by atoms with E-state index in [1.807, 2.05) is 0 Å². The number of esters is 4. The Morgan fingerprint density at radius 1 is 0.500 bits per heavy atom. The lowest BCUT2D eigenvalue weighted by molar-refractivity contribution is -0.140. The molecule has 0 aliphatic carbocycles. The second-order valence-electron chi connectivity index (χ2n) is 11.6. The van der Waals surface area contributed by atoms with E-state index in [0.717, 1.165) is 0 Å². The smallest absolute Gasteiger partial charge is 0.427 e.